The lowest BCUT2D eigenvalue weighted by Gasteiger charge is -2.14. The molecule has 0 aromatic carbocycles. The molecule has 2 rings (SSSR count). The third-order valence-electron chi connectivity index (χ3n) is 3.81. The number of hydrogen-bond acceptors (Lipinski definition) is 5. The molecule has 0 spiro atoms. The molecule has 0 fully saturated rings. The fraction of sp³-hybridized carbons (Fsp3) is 0.529. The van der Waals surface area contributed by atoms with E-state index in [1.807, 2.05) is 12.3 Å². The second-order valence-electron chi connectivity index (χ2n) is 6.88. The standard InChI is InChI=1S/C17H24N4O2S/c1-10-12(11(2)20-16(23)19-10)6-7-14(22)18-8-15-21-13(9-24-15)17(3,4)5/h9H,6-8H2,1-5H3,(H,18,22)(H,19,20,23). The minimum Gasteiger partial charge on any atom is -0.350 e. The van der Waals surface area contributed by atoms with Gasteiger partial charge in [0.25, 0.3) is 0 Å². The van der Waals surface area contributed by atoms with E-state index in [2.05, 4.69) is 41.0 Å². The lowest BCUT2D eigenvalue weighted by molar-refractivity contribution is -0.121. The Morgan fingerprint density at radius 2 is 2.00 bits per heavy atom. The van der Waals surface area contributed by atoms with Gasteiger partial charge in [0.15, 0.2) is 0 Å². The minimum atomic E-state index is -0.350. The Balaban J connectivity index is 1.88. The van der Waals surface area contributed by atoms with Gasteiger partial charge in [-0.15, -0.1) is 11.3 Å². The number of rotatable bonds is 5. The van der Waals surface area contributed by atoms with Crippen LogP contribution in [0.4, 0.5) is 0 Å². The van der Waals surface area contributed by atoms with Gasteiger partial charge in [0.05, 0.1) is 12.2 Å². The van der Waals surface area contributed by atoms with Gasteiger partial charge >= 0.3 is 5.69 Å². The van der Waals surface area contributed by atoms with Crippen LogP contribution in [0.5, 0.6) is 0 Å². The zero-order valence-electron chi connectivity index (χ0n) is 14.8. The predicted octanol–water partition coefficient (Wildman–Crippen LogP) is 2.39. The Hall–Kier alpha value is -2.02. The molecule has 6 nitrogen and oxygen atoms in total. The number of carbonyl (C=O) groups excluding carboxylic acids is 1. The van der Waals surface area contributed by atoms with Crippen molar-refractivity contribution < 1.29 is 4.79 Å². The highest BCUT2D eigenvalue weighted by Crippen LogP contribution is 2.23. The first-order chi connectivity index (χ1) is 11.2. The molecule has 24 heavy (non-hydrogen) atoms. The average Bonchev–Trinajstić information content (AvgIpc) is 2.92. The second kappa shape index (κ2) is 7.25. The molecule has 0 saturated carbocycles. The maximum absolute atomic E-state index is 12.1. The van der Waals surface area contributed by atoms with Crippen molar-refractivity contribution in [3.05, 3.63) is 43.5 Å². The summed E-state index contributed by atoms with van der Waals surface area (Å²) < 4.78 is 0. The summed E-state index contributed by atoms with van der Waals surface area (Å²) in [6.07, 6.45) is 0.908. The smallest absolute Gasteiger partial charge is 0.345 e. The summed E-state index contributed by atoms with van der Waals surface area (Å²) in [6.45, 7) is 10.4. The van der Waals surface area contributed by atoms with Gasteiger partial charge in [-0.3, -0.25) is 4.79 Å². The summed E-state index contributed by atoms with van der Waals surface area (Å²) in [4.78, 5) is 34.5. The molecule has 2 heterocycles. The number of hydrogen-bond donors (Lipinski definition) is 2. The Morgan fingerprint density at radius 1 is 1.29 bits per heavy atom. The van der Waals surface area contributed by atoms with Crippen molar-refractivity contribution in [3.63, 3.8) is 0 Å². The lowest BCUT2D eigenvalue weighted by Crippen LogP contribution is -2.24. The molecule has 0 radical (unpaired) electrons. The molecule has 1 amide bonds. The van der Waals surface area contributed by atoms with Gasteiger partial charge in [0.1, 0.15) is 5.01 Å². The number of H-pyrrole nitrogens is 1. The Morgan fingerprint density at radius 3 is 2.58 bits per heavy atom. The van der Waals surface area contributed by atoms with Crippen LogP contribution in [0, 0.1) is 13.8 Å². The molecule has 0 aliphatic heterocycles. The third-order valence-corrected chi connectivity index (χ3v) is 4.66. The SMILES string of the molecule is Cc1nc(=O)[nH]c(C)c1CCC(=O)NCc1nc(C(C)(C)C)cs1. The maximum atomic E-state index is 12.1. The summed E-state index contributed by atoms with van der Waals surface area (Å²) in [5.41, 5.74) is 3.09. The molecule has 2 N–H and O–H groups in total. The quantitative estimate of drug-likeness (QED) is 0.868. The average molecular weight is 348 g/mol. The number of aromatic nitrogens is 3. The maximum Gasteiger partial charge on any atom is 0.345 e. The van der Waals surface area contributed by atoms with Crippen LogP contribution in [0.3, 0.4) is 0 Å². The first-order valence-electron chi connectivity index (χ1n) is 7.95. The zero-order chi connectivity index (χ0) is 17.9. The van der Waals surface area contributed by atoms with Gasteiger partial charge in [-0.2, -0.15) is 4.98 Å². The first-order valence-corrected chi connectivity index (χ1v) is 8.83. The minimum absolute atomic E-state index is 0.0189. The van der Waals surface area contributed by atoms with Gasteiger partial charge in [-0.25, -0.2) is 9.78 Å². The molecule has 2 aromatic heterocycles. The van der Waals surface area contributed by atoms with Crippen molar-refractivity contribution in [1.82, 2.24) is 20.3 Å². The van der Waals surface area contributed by atoms with Crippen molar-refractivity contribution in [3.8, 4) is 0 Å². The van der Waals surface area contributed by atoms with Crippen molar-refractivity contribution >= 4 is 17.2 Å². The van der Waals surface area contributed by atoms with Crippen LogP contribution in [0.1, 0.15) is 54.8 Å². The summed E-state index contributed by atoms with van der Waals surface area (Å²) in [7, 11) is 0. The van der Waals surface area contributed by atoms with Crippen LogP contribution < -0.4 is 11.0 Å². The highest BCUT2D eigenvalue weighted by molar-refractivity contribution is 7.09. The van der Waals surface area contributed by atoms with Gasteiger partial charge in [-0.1, -0.05) is 20.8 Å². The molecular formula is C17H24N4O2S. The number of nitrogens with zero attached hydrogens (tertiary/aromatic N) is 2. The molecule has 0 aliphatic carbocycles. The summed E-state index contributed by atoms with van der Waals surface area (Å²) in [6, 6.07) is 0. The third kappa shape index (κ3) is 4.74. The molecular weight excluding hydrogens is 324 g/mol. The van der Waals surface area contributed by atoms with Gasteiger partial charge in [0.2, 0.25) is 5.91 Å². The van der Waals surface area contributed by atoms with Crippen molar-refractivity contribution in [2.24, 2.45) is 0 Å². The van der Waals surface area contributed by atoms with Crippen LogP contribution in [-0.4, -0.2) is 20.9 Å². The number of amides is 1. The first kappa shape index (κ1) is 18.3. The number of aromatic amines is 1. The Bertz CT molecular complexity index is 760. The zero-order valence-corrected chi connectivity index (χ0v) is 15.6. The number of carbonyl (C=O) groups is 1. The van der Waals surface area contributed by atoms with E-state index in [1.165, 1.54) is 0 Å². The normalized spacial score (nSPS) is 11.5. The van der Waals surface area contributed by atoms with E-state index in [1.54, 1.807) is 18.3 Å². The highest BCUT2D eigenvalue weighted by atomic mass is 32.1. The van der Waals surface area contributed by atoms with Crippen molar-refractivity contribution in [1.29, 1.82) is 0 Å². The molecule has 7 heteroatoms. The molecule has 0 unspecified atom stereocenters. The van der Waals surface area contributed by atoms with Crippen molar-refractivity contribution in [2.75, 3.05) is 0 Å². The molecule has 0 aliphatic rings. The Kier molecular flexibility index (Phi) is 5.54. The molecule has 0 atom stereocenters. The molecule has 2 aromatic rings. The number of nitrogens with one attached hydrogen (secondary N) is 2. The molecule has 0 saturated heterocycles. The van der Waals surface area contributed by atoms with Crippen LogP contribution in [-0.2, 0) is 23.2 Å². The van der Waals surface area contributed by atoms with Crippen LogP contribution in [0.2, 0.25) is 0 Å². The van der Waals surface area contributed by atoms with Gasteiger partial charge in [0, 0.05) is 28.6 Å². The topological polar surface area (TPSA) is 87.7 Å². The van der Waals surface area contributed by atoms with E-state index in [0.717, 1.165) is 22.0 Å². The van der Waals surface area contributed by atoms with Crippen molar-refractivity contribution in [2.45, 2.75) is 59.4 Å². The van der Waals surface area contributed by atoms with E-state index < -0.39 is 0 Å². The lowest BCUT2D eigenvalue weighted by atomic mass is 9.93. The van der Waals surface area contributed by atoms with E-state index in [4.69, 9.17) is 0 Å². The summed E-state index contributed by atoms with van der Waals surface area (Å²) in [5.74, 6) is -0.0347. The van der Waals surface area contributed by atoms with Gasteiger partial charge < -0.3 is 10.3 Å². The summed E-state index contributed by atoms with van der Waals surface area (Å²) in [5, 5.41) is 5.85. The van der Waals surface area contributed by atoms with Crippen LogP contribution >= 0.6 is 11.3 Å². The number of aryl methyl sites for hydroxylation is 2. The van der Waals surface area contributed by atoms with Crippen LogP contribution in [0.25, 0.3) is 0 Å². The monoisotopic (exact) mass is 348 g/mol. The van der Waals surface area contributed by atoms with E-state index >= 15 is 0 Å². The van der Waals surface area contributed by atoms with Crippen LogP contribution in [0.15, 0.2) is 10.2 Å². The van der Waals surface area contributed by atoms with E-state index in [-0.39, 0.29) is 17.0 Å². The number of thiazole rings is 1. The summed E-state index contributed by atoms with van der Waals surface area (Å²) >= 11 is 1.56. The second-order valence-corrected chi connectivity index (χ2v) is 7.83. The van der Waals surface area contributed by atoms with Gasteiger partial charge in [-0.05, 0) is 25.8 Å². The largest absolute Gasteiger partial charge is 0.350 e. The van der Waals surface area contributed by atoms with E-state index in [9.17, 15) is 9.59 Å². The highest BCUT2D eigenvalue weighted by Gasteiger charge is 2.17. The fourth-order valence-corrected chi connectivity index (χ4v) is 3.32. The Labute approximate surface area is 145 Å². The van der Waals surface area contributed by atoms with E-state index in [0.29, 0.717) is 25.1 Å². The fourth-order valence-electron chi connectivity index (χ4n) is 2.36. The molecule has 130 valence electrons. The molecule has 0 bridgehead atoms. The predicted molar refractivity (Wildman–Crippen MR) is 95.3 cm³/mol.